The number of nitrogens with two attached hydrogens (primary N) is 1. The first-order valence-electron chi connectivity index (χ1n) is 5.68. The van der Waals surface area contributed by atoms with Gasteiger partial charge in [0.1, 0.15) is 4.21 Å². The van der Waals surface area contributed by atoms with Gasteiger partial charge in [-0.05, 0) is 31.9 Å². The van der Waals surface area contributed by atoms with Crippen molar-refractivity contribution in [1.29, 1.82) is 0 Å². The Morgan fingerprint density at radius 3 is 2.28 bits per heavy atom. The van der Waals surface area contributed by atoms with Crippen LogP contribution in [0.1, 0.15) is 31.6 Å². The van der Waals surface area contributed by atoms with Gasteiger partial charge >= 0.3 is 0 Å². The Morgan fingerprint density at radius 2 is 1.89 bits per heavy atom. The lowest BCUT2D eigenvalue weighted by atomic mass is 9.95. The van der Waals surface area contributed by atoms with E-state index in [2.05, 4.69) is 4.72 Å². The van der Waals surface area contributed by atoms with Crippen molar-refractivity contribution in [3.63, 3.8) is 0 Å². The summed E-state index contributed by atoms with van der Waals surface area (Å²) in [5.41, 5.74) is 5.60. The summed E-state index contributed by atoms with van der Waals surface area (Å²) in [5, 5.41) is 0. The van der Waals surface area contributed by atoms with Gasteiger partial charge in [0.2, 0.25) is 10.0 Å². The van der Waals surface area contributed by atoms with Gasteiger partial charge in [0.15, 0.2) is 0 Å². The highest BCUT2D eigenvalue weighted by Crippen LogP contribution is 2.21. The minimum atomic E-state index is -3.40. The maximum atomic E-state index is 12.0. The van der Waals surface area contributed by atoms with Crippen molar-refractivity contribution in [2.24, 2.45) is 5.73 Å². The molecule has 0 aliphatic carbocycles. The molecular weight excluding hydrogens is 292 g/mol. The molecular formula is C11H21ClN2O2S2. The standard InChI is InChI=1S/C11H20N2O2S2.ClH/c1-4-11(12,5-2)8-13-17(14,15)10-7-6-9(3)16-10;/h6-7,13H,4-5,8,12H2,1-3H3;1H. The fraction of sp³-hybridized carbons (Fsp3) is 0.636. The van der Waals surface area contributed by atoms with Gasteiger partial charge in [0.25, 0.3) is 0 Å². The maximum Gasteiger partial charge on any atom is 0.250 e. The summed E-state index contributed by atoms with van der Waals surface area (Å²) in [7, 11) is -3.40. The molecule has 18 heavy (non-hydrogen) atoms. The molecule has 0 fully saturated rings. The molecule has 0 aliphatic rings. The molecule has 0 spiro atoms. The summed E-state index contributed by atoms with van der Waals surface area (Å²) in [6.45, 7) is 6.09. The molecule has 0 radical (unpaired) electrons. The molecule has 0 unspecified atom stereocenters. The quantitative estimate of drug-likeness (QED) is 0.846. The molecule has 0 aliphatic heterocycles. The number of hydrogen-bond donors (Lipinski definition) is 2. The zero-order valence-electron chi connectivity index (χ0n) is 10.9. The van der Waals surface area contributed by atoms with Crippen molar-refractivity contribution < 1.29 is 8.42 Å². The number of thiophene rings is 1. The molecule has 106 valence electrons. The molecule has 4 nitrogen and oxygen atoms in total. The SMILES string of the molecule is CCC(N)(CC)CNS(=O)(=O)c1ccc(C)s1.Cl. The van der Waals surface area contributed by atoms with E-state index in [1.807, 2.05) is 20.8 Å². The van der Waals surface area contributed by atoms with E-state index in [9.17, 15) is 8.42 Å². The number of halogens is 1. The lowest BCUT2D eigenvalue weighted by Crippen LogP contribution is -2.49. The molecule has 0 aromatic carbocycles. The van der Waals surface area contributed by atoms with Crippen LogP contribution < -0.4 is 10.5 Å². The van der Waals surface area contributed by atoms with E-state index in [1.165, 1.54) is 11.3 Å². The van der Waals surface area contributed by atoms with Crippen LogP contribution in [0, 0.1) is 6.92 Å². The predicted molar refractivity (Wildman–Crippen MR) is 79.0 cm³/mol. The topological polar surface area (TPSA) is 72.2 Å². The average Bonchev–Trinajstić information content (AvgIpc) is 2.74. The van der Waals surface area contributed by atoms with Crippen LogP contribution in [-0.4, -0.2) is 20.5 Å². The molecule has 7 heteroatoms. The number of hydrogen-bond acceptors (Lipinski definition) is 4. The molecule has 3 N–H and O–H groups in total. The fourth-order valence-electron chi connectivity index (χ4n) is 1.37. The van der Waals surface area contributed by atoms with Crippen molar-refractivity contribution in [3.8, 4) is 0 Å². The van der Waals surface area contributed by atoms with Crippen molar-refractivity contribution in [3.05, 3.63) is 17.0 Å². The first-order valence-corrected chi connectivity index (χ1v) is 7.98. The molecule has 1 heterocycles. The molecule has 1 aromatic heterocycles. The first kappa shape index (κ1) is 17.9. The Morgan fingerprint density at radius 1 is 1.33 bits per heavy atom. The highest BCUT2D eigenvalue weighted by molar-refractivity contribution is 7.91. The summed E-state index contributed by atoms with van der Waals surface area (Å²) in [4.78, 5) is 0.982. The normalized spacial score (nSPS) is 12.2. The Kier molecular flexibility index (Phi) is 6.81. The average molecular weight is 313 g/mol. The Labute approximate surface area is 119 Å². The van der Waals surface area contributed by atoms with Crippen LogP contribution in [0.3, 0.4) is 0 Å². The number of aryl methyl sites for hydroxylation is 1. The zero-order valence-corrected chi connectivity index (χ0v) is 13.3. The van der Waals surface area contributed by atoms with Gasteiger partial charge in [-0.3, -0.25) is 0 Å². The van der Waals surface area contributed by atoms with E-state index < -0.39 is 15.6 Å². The highest BCUT2D eigenvalue weighted by Gasteiger charge is 2.24. The van der Waals surface area contributed by atoms with Crippen molar-refractivity contribution in [2.45, 2.75) is 43.4 Å². The largest absolute Gasteiger partial charge is 0.324 e. The highest BCUT2D eigenvalue weighted by atomic mass is 35.5. The Hall–Kier alpha value is -0.140. The summed E-state index contributed by atoms with van der Waals surface area (Å²) < 4.78 is 26.9. The summed E-state index contributed by atoms with van der Waals surface area (Å²) in [6, 6.07) is 3.42. The number of sulfonamides is 1. The summed E-state index contributed by atoms with van der Waals surface area (Å²) in [6.07, 6.45) is 1.49. The molecule has 0 saturated heterocycles. The molecule has 1 rings (SSSR count). The van der Waals surface area contributed by atoms with Gasteiger partial charge in [0, 0.05) is 17.0 Å². The monoisotopic (exact) mass is 312 g/mol. The fourth-order valence-corrected chi connectivity index (χ4v) is 3.83. The second-order valence-corrected chi connectivity index (χ2v) is 7.54. The third kappa shape index (κ3) is 4.51. The van der Waals surface area contributed by atoms with Gasteiger partial charge in [-0.15, -0.1) is 23.7 Å². The van der Waals surface area contributed by atoms with Gasteiger partial charge in [-0.25, -0.2) is 13.1 Å². The lowest BCUT2D eigenvalue weighted by Gasteiger charge is -2.26. The van der Waals surface area contributed by atoms with Crippen LogP contribution in [-0.2, 0) is 10.0 Å². The third-order valence-corrected chi connectivity index (χ3v) is 5.90. The van der Waals surface area contributed by atoms with E-state index >= 15 is 0 Å². The summed E-state index contributed by atoms with van der Waals surface area (Å²) >= 11 is 1.27. The number of nitrogens with one attached hydrogen (secondary N) is 1. The van der Waals surface area contributed by atoms with E-state index in [0.29, 0.717) is 4.21 Å². The van der Waals surface area contributed by atoms with Crippen LogP contribution in [0.4, 0.5) is 0 Å². The third-order valence-electron chi connectivity index (χ3n) is 3.00. The van der Waals surface area contributed by atoms with Crippen LogP contribution >= 0.6 is 23.7 Å². The second kappa shape index (κ2) is 6.86. The van der Waals surface area contributed by atoms with Crippen molar-refractivity contribution in [1.82, 2.24) is 4.72 Å². The molecule has 0 atom stereocenters. The van der Waals surface area contributed by atoms with Crippen molar-refractivity contribution in [2.75, 3.05) is 6.54 Å². The van der Waals surface area contributed by atoms with E-state index in [-0.39, 0.29) is 19.0 Å². The van der Waals surface area contributed by atoms with Crippen LogP contribution in [0.25, 0.3) is 0 Å². The lowest BCUT2D eigenvalue weighted by molar-refractivity contribution is 0.392. The van der Waals surface area contributed by atoms with Gasteiger partial charge in [0.05, 0.1) is 0 Å². The van der Waals surface area contributed by atoms with E-state index in [0.717, 1.165) is 17.7 Å². The van der Waals surface area contributed by atoms with E-state index in [1.54, 1.807) is 12.1 Å². The minimum absolute atomic E-state index is 0. The maximum absolute atomic E-state index is 12.0. The van der Waals surface area contributed by atoms with Gasteiger partial charge < -0.3 is 5.73 Å². The van der Waals surface area contributed by atoms with Crippen LogP contribution in [0.5, 0.6) is 0 Å². The minimum Gasteiger partial charge on any atom is -0.324 e. The van der Waals surface area contributed by atoms with Gasteiger partial charge in [-0.1, -0.05) is 13.8 Å². The van der Waals surface area contributed by atoms with E-state index in [4.69, 9.17) is 5.73 Å². The first-order chi connectivity index (χ1) is 7.83. The predicted octanol–water partition coefficient (Wildman–Crippen LogP) is 2.27. The number of rotatable bonds is 6. The zero-order chi connectivity index (χ0) is 13.1. The molecule has 1 aromatic rings. The van der Waals surface area contributed by atoms with Crippen LogP contribution in [0.15, 0.2) is 16.3 Å². The smallest absolute Gasteiger partial charge is 0.250 e. The second-order valence-electron chi connectivity index (χ2n) is 4.26. The summed E-state index contributed by atoms with van der Waals surface area (Å²) in [5.74, 6) is 0. The molecule has 0 bridgehead atoms. The Balaban J connectivity index is 0.00000289. The Bertz CT molecular complexity index is 467. The molecule has 0 amide bonds. The van der Waals surface area contributed by atoms with Crippen LogP contribution in [0.2, 0.25) is 0 Å². The van der Waals surface area contributed by atoms with Gasteiger partial charge in [-0.2, -0.15) is 0 Å². The van der Waals surface area contributed by atoms with Crippen molar-refractivity contribution >= 4 is 33.8 Å². The molecule has 0 saturated carbocycles.